The van der Waals surface area contributed by atoms with Crippen LogP contribution in [0.4, 0.5) is 0 Å². The molecule has 0 saturated heterocycles. The molecule has 0 aliphatic heterocycles. The molecule has 4 heteroatoms. The molecule has 84 valence electrons. The minimum absolute atomic E-state index is 0.254. The summed E-state index contributed by atoms with van der Waals surface area (Å²) in [5, 5.41) is 3.64. The zero-order valence-electron chi connectivity index (χ0n) is 9.27. The Kier molecular flexibility index (Phi) is 3.25. The van der Waals surface area contributed by atoms with E-state index in [4.69, 9.17) is 16.1 Å². The van der Waals surface area contributed by atoms with Crippen LogP contribution in [0.25, 0.3) is 11.4 Å². The van der Waals surface area contributed by atoms with E-state index in [0.717, 1.165) is 12.0 Å². The topological polar surface area (TPSA) is 38.9 Å². The number of alkyl halides is 1. The SMILES string of the molecule is CCc1ccc(-c2noc(C(C)Cl)n2)cc1. The van der Waals surface area contributed by atoms with Gasteiger partial charge in [-0.15, -0.1) is 11.6 Å². The maximum absolute atomic E-state index is 5.86. The van der Waals surface area contributed by atoms with Gasteiger partial charge >= 0.3 is 0 Å². The number of hydrogen-bond donors (Lipinski definition) is 0. The molecular weight excluding hydrogens is 224 g/mol. The Labute approximate surface area is 99.4 Å². The lowest BCUT2D eigenvalue weighted by Crippen LogP contribution is -1.85. The third-order valence-electron chi connectivity index (χ3n) is 2.40. The van der Waals surface area contributed by atoms with Crippen molar-refractivity contribution in [3.63, 3.8) is 0 Å². The van der Waals surface area contributed by atoms with Crippen LogP contribution in [0.15, 0.2) is 28.8 Å². The second-order valence-corrected chi connectivity index (χ2v) is 4.28. The van der Waals surface area contributed by atoms with Crippen molar-refractivity contribution in [3.8, 4) is 11.4 Å². The Bertz CT molecular complexity index is 462. The minimum atomic E-state index is -0.254. The van der Waals surface area contributed by atoms with E-state index >= 15 is 0 Å². The molecule has 0 saturated carbocycles. The normalized spacial score (nSPS) is 12.7. The molecule has 0 fully saturated rings. The fourth-order valence-corrected chi connectivity index (χ4v) is 1.49. The van der Waals surface area contributed by atoms with Gasteiger partial charge in [0.2, 0.25) is 11.7 Å². The fraction of sp³-hybridized carbons (Fsp3) is 0.333. The van der Waals surface area contributed by atoms with Gasteiger partial charge in [0.25, 0.3) is 0 Å². The lowest BCUT2D eigenvalue weighted by molar-refractivity contribution is 0.379. The summed E-state index contributed by atoms with van der Waals surface area (Å²) in [5.41, 5.74) is 2.24. The third kappa shape index (κ3) is 2.25. The van der Waals surface area contributed by atoms with E-state index in [1.165, 1.54) is 5.56 Å². The molecule has 3 nitrogen and oxygen atoms in total. The predicted octanol–water partition coefficient (Wildman–Crippen LogP) is 3.60. The third-order valence-corrected chi connectivity index (χ3v) is 2.59. The van der Waals surface area contributed by atoms with Gasteiger partial charge in [-0.1, -0.05) is 36.3 Å². The van der Waals surface area contributed by atoms with E-state index in [-0.39, 0.29) is 5.38 Å². The standard InChI is InChI=1S/C12H13ClN2O/c1-3-9-4-6-10(7-5-9)11-14-12(8(2)13)16-15-11/h4-8H,3H2,1-2H3. The molecule has 0 N–H and O–H groups in total. The van der Waals surface area contributed by atoms with Crippen molar-refractivity contribution in [2.24, 2.45) is 0 Å². The quantitative estimate of drug-likeness (QED) is 0.765. The van der Waals surface area contributed by atoms with Gasteiger partial charge in [0.05, 0.1) is 0 Å². The maximum atomic E-state index is 5.86. The predicted molar refractivity (Wildman–Crippen MR) is 63.4 cm³/mol. The second-order valence-electron chi connectivity index (χ2n) is 3.62. The van der Waals surface area contributed by atoms with E-state index in [1.807, 2.05) is 12.1 Å². The molecule has 0 radical (unpaired) electrons. The highest BCUT2D eigenvalue weighted by atomic mass is 35.5. The number of aryl methyl sites for hydroxylation is 1. The zero-order chi connectivity index (χ0) is 11.5. The molecule has 0 aliphatic carbocycles. The molecule has 1 atom stereocenters. The van der Waals surface area contributed by atoms with Crippen molar-refractivity contribution >= 4 is 11.6 Å². The second kappa shape index (κ2) is 4.66. The average Bonchev–Trinajstić information content (AvgIpc) is 2.78. The van der Waals surface area contributed by atoms with E-state index in [1.54, 1.807) is 6.92 Å². The lowest BCUT2D eigenvalue weighted by atomic mass is 10.1. The van der Waals surface area contributed by atoms with Crippen LogP contribution in [-0.2, 0) is 6.42 Å². The summed E-state index contributed by atoms with van der Waals surface area (Å²) in [4.78, 5) is 4.23. The van der Waals surface area contributed by atoms with Crippen LogP contribution >= 0.6 is 11.6 Å². The smallest absolute Gasteiger partial charge is 0.244 e. The van der Waals surface area contributed by atoms with Crippen LogP contribution in [0.1, 0.15) is 30.7 Å². The molecule has 1 aromatic heterocycles. The summed E-state index contributed by atoms with van der Waals surface area (Å²) < 4.78 is 5.04. The summed E-state index contributed by atoms with van der Waals surface area (Å²) in [5.74, 6) is 1.04. The van der Waals surface area contributed by atoms with Crippen LogP contribution < -0.4 is 0 Å². The minimum Gasteiger partial charge on any atom is -0.337 e. The highest BCUT2D eigenvalue weighted by molar-refractivity contribution is 6.20. The molecule has 1 aromatic carbocycles. The van der Waals surface area contributed by atoms with Gasteiger partial charge < -0.3 is 4.52 Å². The molecule has 0 spiro atoms. The first kappa shape index (κ1) is 11.1. The van der Waals surface area contributed by atoms with Crippen LogP contribution in [-0.4, -0.2) is 10.1 Å². The number of hydrogen-bond acceptors (Lipinski definition) is 3. The van der Waals surface area contributed by atoms with Gasteiger partial charge in [0.1, 0.15) is 5.38 Å². The number of benzene rings is 1. The van der Waals surface area contributed by atoms with Gasteiger partial charge in [0.15, 0.2) is 0 Å². The van der Waals surface area contributed by atoms with Crippen molar-refractivity contribution < 1.29 is 4.52 Å². The molecule has 1 unspecified atom stereocenters. The Morgan fingerprint density at radius 3 is 2.50 bits per heavy atom. The Hall–Kier alpha value is -1.35. The Morgan fingerprint density at radius 2 is 2.00 bits per heavy atom. The van der Waals surface area contributed by atoms with Crippen molar-refractivity contribution in [1.29, 1.82) is 0 Å². The largest absolute Gasteiger partial charge is 0.337 e. The van der Waals surface area contributed by atoms with Gasteiger partial charge in [-0.3, -0.25) is 0 Å². The highest BCUT2D eigenvalue weighted by Gasteiger charge is 2.12. The summed E-state index contributed by atoms with van der Waals surface area (Å²) in [6.07, 6.45) is 1.02. The Balaban J connectivity index is 2.28. The van der Waals surface area contributed by atoms with Gasteiger partial charge in [-0.2, -0.15) is 4.98 Å². The van der Waals surface area contributed by atoms with Crippen LogP contribution in [0.5, 0.6) is 0 Å². The van der Waals surface area contributed by atoms with Crippen LogP contribution in [0.3, 0.4) is 0 Å². The van der Waals surface area contributed by atoms with Gasteiger partial charge in [-0.25, -0.2) is 0 Å². The molecule has 0 amide bonds. The lowest BCUT2D eigenvalue weighted by Gasteiger charge is -1.97. The van der Waals surface area contributed by atoms with Crippen molar-refractivity contribution in [1.82, 2.24) is 10.1 Å². The number of aromatic nitrogens is 2. The summed E-state index contributed by atoms with van der Waals surface area (Å²) in [6, 6.07) is 8.11. The zero-order valence-corrected chi connectivity index (χ0v) is 10.0. The maximum Gasteiger partial charge on any atom is 0.244 e. The summed E-state index contributed by atoms with van der Waals surface area (Å²) >= 11 is 5.86. The molecule has 0 aliphatic rings. The summed E-state index contributed by atoms with van der Waals surface area (Å²) in [7, 11) is 0. The molecule has 16 heavy (non-hydrogen) atoms. The summed E-state index contributed by atoms with van der Waals surface area (Å²) in [6.45, 7) is 3.93. The monoisotopic (exact) mass is 236 g/mol. The van der Waals surface area contributed by atoms with E-state index in [2.05, 4.69) is 29.2 Å². The first-order chi connectivity index (χ1) is 7.70. The van der Waals surface area contributed by atoms with Crippen LogP contribution in [0, 0.1) is 0 Å². The Morgan fingerprint density at radius 1 is 1.31 bits per heavy atom. The van der Waals surface area contributed by atoms with E-state index in [9.17, 15) is 0 Å². The fourth-order valence-electron chi connectivity index (χ4n) is 1.40. The molecular formula is C12H13ClN2O. The number of halogens is 1. The van der Waals surface area contributed by atoms with Crippen LogP contribution in [0.2, 0.25) is 0 Å². The molecule has 2 aromatic rings. The van der Waals surface area contributed by atoms with Crippen molar-refractivity contribution in [2.45, 2.75) is 25.6 Å². The van der Waals surface area contributed by atoms with Crippen molar-refractivity contribution in [3.05, 3.63) is 35.7 Å². The molecule has 2 rings (SSSR count). The van der Waals surface area contributed by atoms with E-state index in [0.29, 0.717) is 11.7 Å². The van der Waals surface area contributed by atoms with E-state index < -0.39 is 0 Å². The van der Waals surface area contributed by atoms with Gasteiger partial charge in [-0.05, 0) is 18.9 Å². The molecule has 1 heterocycles. The van der Waals surface area contributed by atoms with Crippen molar-refractivity contribution in [2.75, 3.05) is 0 Å². The first-order valence-electron chi connectivity index (χ1n) is 5.27. The average molecular weight is 237 g/mol. The highest BCUT2D eigenvalue weighted by Crippen LogP contribution is 2.22. The van der Waals surface area contributed by atoms with Gasteiger partial charge in [0, 0.05) is 5.56 Å². The number of rotatable bonds is 3. The first-order valence-corrected chi connectivity index (χ1v) is 5.71. The number of nitrogens with zero attached hydrogens (tertiary/aromatic N) is 2. The molecule has 0 bridgehead atoms.